The van der Waals surface area contributed by atoms with Crippen LogP contribution in [0.15, 0.2) is 0 Å². The molecule has 0 heterocycles. The normalized spacial score (nSPS) is 8.84. The number of esters is 2. The number of hydrogen-bond donors (Lipinski definition) is 2. The minimum atomic E-state index is -0.292. The number of hydrogen-bond acceptors (Lipinski definition) is 6. The van der Waals surface area contributed by atoms with Crippen molar-refractivity contribution in [1.82, 2.24) is 0 Å². The number of carbonyl (C=O) groups excluding carboxylic acids is 2. The second-order valence-corrected chi connectivity index (χ2v) is 4.47. The van der Waals surface area contributed by atoms with E-state index in [0.29, 0.717) is 11.5 Å². The Morgan fingerprint density at radius 1 is 0.895 bits per heavy atom. The molecule has 0 aromatic rings. The van der Waals surface area contributed by atoms with Gasteiger partial charge in [0.15, 0.2) is 11.9 Å². The molecule has 7 heteroatoms. The Balaban J connectivity index is -0.000000256. The van der Waals surface area contributed by atoms with Crippen molar-refractivity contribution in [1.29, 1.82) is 0 Å². The third-order valence-electron chi connectivity index (χ3n) is 1.22. The van der Waals surface area contributed by atoms with Crippen LogP contribution in [-0.4, -0.2) is 35.7 Å². The first-order valence-corrected chi connectivity index (χ1v) is 6.89. The number of carbonyl (C=O) groups is 2. The van der Waals surface area contributed by atoms with Crippen LogP contribution in [0.1, 0.15) is 27.7 Å². The predicted octanol–water partition coefficient (Wildman–Crippen LogP) is 2.14. The van der Waals surface area contributed by atoms with Gasteiger partial charge in [-0.2, -0.15) is 0 Å². The summed E-state index contributed by atoms with van der Waals surface area (Å²) in [5, 5.41) is 0. The maximum atomic E-state index is 10.5. The molecular weight excluding hydrogens is 338 g/mol. The van der Waals surface area contributed by atoms with Gasteiger partial charge in [0.2, 0.25) is 0 Å². The zero-order chi connectivity index (χ0) is 14.6. The maximum absolute atomic E-state index is 10.5. The summed E-state index contributed by atoms with van der Waals surface area (Å²) in [5.41, 5.74) is 0. The summed E-state index contributed by atoms with van der Waals surface area (Å²) < 4.78 is 9.49. The third-order valence-corrected chi connectivity index (χ3v) is 1.58. The van der Waals surface area contributed by atoms with Crippen molar-refractivity contribution in [2.75, 3.05) is 11.5 Å². The van der Waals surface area contributed by atoms with Crippen LogP contribution in [0.2, 0.25) is 0 Å². The van der Waals surface area contributed by atoms with Gasteiger partial charge in [-0.3, -0.25) is 22.4 Å². The second-order valence-electron chi connectivity index (χ2n) is 3.74. The number of ether oxygens (including phenoxy) is 2. The Bertz CT molecular complexity index is 212. The fourth-order valence-corrected chi connectivity index (χ4v) is 1.01. The molecule has 4 nitrogen and oxygen atoms in total. The zero-order valence-electron chi connectivity index (χ0n) is 12.0. The van der Waals surface area contributed by atoms with Crippen LogP contribution in [0, 0.1) is 12.8 Å². The molecule has 0 aliphatic carbocycles. The molecular formula is C12H22O4S2Zn. The average Bonchev–Trinajstić information content (AvgIpc) is 2.16. The molecule has 0 aromatic carbocycles. The van der Waals surface area contributed by atoms with Crippen LogP contribution in [0.3, 0.4) is 0 Å². The van der Waals surface area contributed by atoms with Crippen molar-refractivity contribution in [3.63, 3.8) is 0 Å². The average molecular weight is 360 g/mol. The molecule has 0 amide bonds. The maximum Gasteiger partial charge on any atom is 2.00 e. The molecule has 0 aromatic heterocycles. The van der Waals surface area contributed by atoms with Gasteiger partial charge in [-0.15, -0.1) is 11.5 Å². The van der Waals surface area contributed by atoms with Gasteiger partial charge in [-0.25, -0.2) is 25.3 Å². The standard InChI is InChI=1S/2C6H11O2S.Zn/c2*1-5(2)8-6(7)3-4-9;/h2*3,5,9H,4H2,1-2H3;/q2*-1;+2. The molecule has 0 aliphatic heterocycles. The van der Waals surface area contributed by atoms with E-state index in [-0.39, 0.29) is 43.6 Å². The van der Waals surface area contributed by atoms with Crippen LogP contribution < -0.4 is 0 Å². The van der Waals surface area contributed by atoms with E-state index in [2.05, 4.69) is 25.3 Å². The van der Waals surface area contributed by atoms with Crippen LogP contribution >= 0.6 is 25.3 Å². The van der Waals surface area contributed by atoms with E-state index in [1.807, 2.05) is 27.7 Å². The van der Waals surface area contributed by atoms with Gasteiger partial charge >= 0.3 is 19.5 Å². The first-order valence-electron chi connectivity index (χ1n) is 5.62. The first kappa shape index (κ1) is 24.1. The van der Waals surface area contributed by atoms with Gasteiger partial charge in [0.05, 0.1) is 12.2 Å². The molecule has 0 fully saturated rings. The molecule has 0 rings (SSSR count). The summed E-state index contributed by atoms with van der Waals surface area (Å²) >= 11 is 7.65. The van der Waals surface area contributed by atoms with Gasteiger partial charge in [0, 0.05) is 0 Å². The second kappa shape index (κ2) is 16.1. The molecule has 0 spiro atoms. The molecule has 0 atom stereocenters. The molecule has 0 saturated heterocycles. The summed E-state index contributed by atoms with van der Waals surface area (Å²) in [5.74, 6) is 0.289. The van der Waals surface area contributed by atoms with Crippen LogP contribution in [0.25, 0.3) is 0 Å². The molecule has 19 heavy (non-hydrogen) atoms. The fourth-order valence-electron chi connectivity index (χ4n) is 0.710. The molecule has 0 saturated carbocycles. The van der Waals surface area contributed by atoms with Gasteiger partial charge < -0.3 is 9.47 Å². The monoisotopic (exact) mass is 358 g/mol. The Hall–Kier alpha value is 0.00338. The van der Waals surface area contributed by atoms with Gasteiger partial charge in [0.25, 0.3) is 0 Å². The zero-order valence-corrected chi connectivity index (χ0v) is 16.7. The summed E-state index contributed by atoms with van der Waals surface area (Å²) in [6.45, 7) is 7.24. The summed E-state index contributed by atoms with van der Waals surface area (Å²) in [4.78, 5) is 21.1. The summed E-state index contributed by atoms with van der Waals surface area (Å²) in [6, 6.07) is 0. The van der Waals surface area contributed by atoms with Crippen molar-refractivity contribution in [3.05, 3.63) is 12.8 Å². The van der Waals surface area contributed by atoms with Crippen molar-refractivity contribution in [3.8, 4) is 0 Å². The minimum absolute atomic E-state index is 0. The van der Waals surface area contributed by atoms with Crippen LogP contribution in [0.4, 0.5) is 0 Å². The number of thiol groups is 2. The van der Waals surface area contributed by atoms with Crippen molar-refractivity contribution < 1.29 is 38.5 Å². The molecule has 108 valence electrons. The van der Waals surface area contributed by atoms with Crippen molar-refractivity contribution in [2.45, 2.75) is 39.9 Å². The SMILES string of the molecule is CC(C)OC(=O)[CH-]CS.CC(C)OC(=O)[CH-]CS.[Zn+2]. The van der Waals surface area contributed by atoms with E-state index in [0.717, 1.165) is 0 Å². The van der Waals surface area contributed by atoms with E-state index in [1.54, 1.807) is 0 Å². The van der Waals surface area contributed by atoms with Crippen molar-refractivity contribution >= 4 is 37.2 Å². The first-order chi connectivity index (χ1) is 8.33. The van der Waals surface area contributed by atoms with E-state index >= 15 is 0 Å². The van der Waals surface area contributed by atoms with Crippen LogP contribution in [-0.2, 0) is 38.5 Å². The number of rotatable bonds is 6. The molecule has 0 unspecified atom stereocenters. The Morgan fingerprint density at radius 3 is 1.32 bits per heavy atom. The Labute approximate surface area is 140 Å². The smallest absolute Gasteiger partial charge is 0.486 e. The Kier molecular flexibility index (Phi) is 20.3. The minimum Gasteiger partial charge on any atom is -0.486 e. The molecule has 0 aliphatic rings. The van der Waals surface area contributed by atoms with E-state index in [4.69, 9.17) is 9.47 Å². The topological polar surface area (TPSA) is 52.6 Å². The van der Waals surface area contributed by atoms with Crippen LogP contribution in [0.5, 0.6) is 0 Å². The quantitative estimate of drug-likeness (QED) is 0.330. The van der Waals surface area contributed by atoms with Crippen molar-refractivity contribution in [2.24, 2.45) is 0 Å². The third kappa shape index (κ3) is 23.5. The van der Waals surface area contributed by atoms with Gasteiger partial charge in [-0.1, -0.05) is 0 Å². The van der Waals surface area contributed by atoms with E-state index in [1.165, 1.54) is 12.8 Å². The predicted molar refractivity (Wildman–Crippen MR) is 78.8 cm³/mol. The van der Waals surface area contributed by atoms with E-state index in [9.17, 15) is 9.59 Å². The molecule has 0 bridgehead atoms. The molecule has 0 N–H and O–H groups in total. The Morgan fingerprint density at radius 2 is 1.16 bits per heavy atom. The fraction of sp³-hybridized carbons (Fsp3) is 0.667. The van der Waals surface area contributed by atoms with E-state index < -0.39 is 0 Å². The molecule has 0 radical (unpaired) electrons. The summed E-state index contributed by atoms with van der Waals surface area (Å²) in [6.07, 6.45) is 2.72. The van der Waals surface area contributed by atoms with Gasteiger partial charge in [-0.05, 0) is 27.7 Å². The summed E-state index contributed by atoms with van der Waals surface area (Å²) in [7, 11) is 0. The largest absolute Gasteiger partial charge is 2.00 e. The van der Waals surface area contributed by atoms with Gasteiger partial charge in [0.1, 0.15) is 0 Å².